The number of rotatable bonds is 7. The van der Waals surface area contributed by atoms with Gasteiger partial charge in [-0.1, -0.05) is 38.0 Å². The Kier molecular flexibility index (Phi) is 5.86. The predicted molar refractivity (Wildman–Crippen MR) is 89.4 cm³/mol. The number of unbranched alkanes of at least 4 members (excludes halogenated alkanes) is 3. The number of hydrogen-bond acceptors (Lipinski definition) is 1. The standard InChI is InChI=1S/C19H25NO/c1-3-5-6-7-8-9-14-19(21)18-15-16-12-10-11-13-17(16)20(18)4-2/h8,10-15,19,21H,3-7H2,1-2H3. The van der Waals surface area contributed by atoms with Gasteiger partial charge in [0.2, 0.25) is 0 Å². The number of aryl methyl sites for hydroxylation is 1. The second-order valence-corrected chi connectivity index (χ2v) is 5.35. The molecule has 2 nitrogen and oxygen atoms in total. The van der Waals surface area contributed by atoms with Gasteiger partial charge < -0.3 is 9.67 Å². The molecule has 0 radical (unpaired) electrons. The summed E-state index contributed by atoms with van der Waals surface area (Å²) >= 11 is 0. The van der Waals surface area contributed by atoms with Crippen molar-refractivity contribution in [2.75, 3.05) is 0 Å². The van der Waals surface area contributed by atoms with Crippen molar-refractivity contribution in [2.24, 2.45) is 0 Å². The molecule has 1 unspecified atom stereocenters. The monoisotopic (exact) mass is 283 g/mol. The lowest BCUT2D eigenvalue weighted by Gasteiger charge is -2.10. The number of benzene rings is 1. The topological polar surface area (TPSA) is 25.2 Å². The van der Waals surface area contributed by atoms with Gasteiger partial charge in [-0.2, -0.15) is 0 Å². The number of aliphatic hydroxyl groups excluding tert-OH is 1. The van der Waals surface area contributed by atoms with E-state index >= 15 is 0 Å². The Bertz CT molecular complexity index is 632. The lowest BCUT2D eigenvalue weighted by molar-refractivity contribution is 0.219. The van der Waals surface area contributed by atoms with Gasteiger partial charge in [0, 0.05) is 12.1 Å². The van der Waals surface area contributed by atoms with Crippen molar-refractivity contribution in [3.63, 3.8) is 0 Å². The van der Waals surface area contributed by atoms with E-state index in [9.17, 15) is 5.11 Å². The number of para-hydroxylation sites is 1. The Balaban J connectivity index is 2.15. The number of hydrogen-bond donors (Lipinski definition) is 1. The summed E-state index contributed by atoms with van der Waals surface area (Å²) in [7, 11) is 0. The Morgan fingerprint density at radius 1 is 1.24 bits per heavy atom. The summed E-state index contributed by atoms with van der Waals surface area (Å²) in [6, 6.07) is 10.3. The summed E-state index contributed by atoms with van der Waals surface area (Å²) in [6.07, 6.45) is 7.90. The number of nitrogens with zero attached hydrogens (tertiary/aromatic N) is 1. The van der Waals surface area contributed by atoms with Gasteiger partial charge in [0.15, 0.2) is 0 Å². The zero-order chi connectivity index (χ0) is 15.1. The van der Waals surface area contributed by atoms with E-state index in [-0.39, 0.29) is 0 Å². The lowest BCUT2D eigenvalue weighted by atomic mass is 10.2. The third-order valence-electron chi connectivity index (χ3n) is 3.79. The van der Waals surface area contributed by atoms with Gasteiger partial charge in [-0.25, -0.2) is 0 Å². The van der Waals surface area contributed by atoms with Crippen molar-refractivity contribution in [3.8, 4) is 0 Å². The first-order chi connectivity index (χ1) is 10.3. The van der Waals surface area contributed by atoms with Crippen molar-refractivity contribution in [1.82, 2.24) is 4.57 Å². The summed E-state index contributed by atoms with van der Waals surface area (Å²) in [4.78, 5) is 0. The molecule has 21 heavy (non-hydrogen) atoms. The van der Waals surface area contributed by atoms with E-state index in [2.05, 4.69) is 42.3 Å². The highest BCUT2D eigenvalue weighted by Gasteiger charge is 2.12. The molecule has 1 aromatic carbocycles. The van der Waals surface area contributed by atoms with Crippen LogP contribution in [0.25, 0.3) is 10.9 Å². The summed E-state index contributed by atoms with van der Waals surface area (Å²) in [5, 5.41) is 11.6. The number of fused-ring (bicyclic) bond motifs is 1. The normalized spacial score (nSPS) is 12.1. The van der Waals surface area contributed by atoms with Gasteiger partial charge >= 0.3 is 0 Å². The molecule has 0 aliphatic heterocycles. The molecule has 0 bridgehead atoms. The van der Waals surface area contributed by atoms with Gasteiger partial charge in [-0.3, -0.25) is 0 Å². The Morgan fingerprint density at radius 3 is 2.81 bits per heavy atom. The van der Waals surface area contributed by atoms with Gasteiger partial charge in [-0.05, 0) is 49.4 Å². The first kappa shape index (κ1) is 15.6. The molecular formula is C19H25NO. The van der Waals surface area contributed by atoms with E-state index < -0.39 is 6.10 Å². The van der Waals surface area contributed by atoms with Crippen LogP contribution in [0.3, 0.4) is 0 Å². The fraction of sp³-hybridized carbons (Fsp3) is 0.421. The molecule has 112 valence electrons. The molecule has 0 amide bonds. The smallest absolute Gasteiger partial charge is 0.119 e. The largest absolute Gasteiger partial charge is 0.382 e. The molecule has 1 atom stereocenters. The Hall–Kier alpha value is -1.76. The molecule has 2 heteroatoms. The van der Waals surface area contributed by atoms with Crippen LogP contribution in [0.15, 0.2) is 48.2 Å². The fourth-order valence-electron chi connectivity index (χ4n) is 2.65. The van der Waals surface area contributed by atoms with E-state index in [0.717, 1.165) is 18.7 Å². The van der Waals surface area contributed by atoms with E-state index in [4.69, 9.17) is 0 Å². The molecule has 0 saturated heterocycles. The minimum Gasteiger partial charge on any atom is -0.382 e. The maximum Gasteiger partial charge on any atom is 0.119 e. The van der Waals surface area contributed by atoms with Crippen LogP contribution in [-0.4, -0.2) is 9.67 Å². The molecular weight excluding hydrogens is 258 g/mol. The van der Waals surface area contributed by atoms with Crippen LogP contribution in [-0.2, 0) is 6.54 Å². The fourth-order valence-corrected chi connectivity index (χ4v) is 2.65. The SMILES string of the molecule is CCCCCC=C=CC(O)c1cc2ccccc2n1CC. The van der Waals surface area contributed by atoms with Gasteiger partial charge in [0.25, 0.3) is 0 Å². The second-order valence-electron chi connectivity index (χ2n) is 5.35. The maximum absolute atomic E-state index is 10.4. The van der Waals surface area contributed by atoms with E-state index in [1.807, 2.05) is 18.2 Å². The molecule has 0 aliphatic carbocycles. The number of aromatic nitrogens is 1. The second kappa shape index (κ2) is 7.87. The predicted octanol–water partition coefficient (Wildman–Crippen LogP) is 4.99. The average molecular weight is 283 g/mol. The quantitative estimate of drug-likeness (QED) is 0.562. The molecule has 1 heterocycles. The Morgan fingerprint density at radius 2 is 2.05 bits per heavy atom. The summed E-state index contributed by atoms with van der Waals surface area (Å²) in [5.41, 5.74) is 5.24. The lowest BCUT2D eigenvalue weighted by Crippen LogP contribution is -2.04. The van der Waals surface area contributed by atoms with Crippen LogP contribution < -0.4 is 0 Å². The highest BCUT2D eigenvalue weighted by atomic mass is 16.3. The molecule has 0 saturated carbocycles. The molecule has 2 rings (SSSR count). The van der Waals surface area contributed by atoms with Crippen molar-refractivity contribution in [1.29, 1.82) is 0 Å². The van der Waals surface area contributed by atoms with Crippen LogP contribution >= 0.6 is 0 Å². The van der Waals surface area contributed by atoms with Gasteiger partial charge in [0.1, 0.15) is 6.10 Å². The van der Waals surface area contributed by atoms with Crippen LogP contribution in [0.2, 0.25) is 0 Å². The third kappa shape index (κ3) is 3.87. The molecule has 1 aromatic heterocycles. The van der Waals surface area contributed by atoms with Crippen molar-refractivity contribution in [2.45, 2.75) is 52.2 Å². The van der Waals surface area contributed by atoms with Crippen LogP contribution in [0.5, 0.6) is 0 Å². The van der Waals surface area contributed by atoms with Crippen molar-refractivity contribution >= 4 is 10.9 Å². The minimum atomic E-state index is -0.597. The maximum atomic E-state index is 10.4. The van der Waals surface area contributed by atoms with Gasteiger partial charge in [0.05, 0.1) is 5.69 Å². The highest BCUT2D eigenvalue weighted by Crippen LogP contribution is 2.24. The van der Waals surface area contributed by atoms with Gasteiger partial charge in [-0.15, -0.1) is 5.73 Å². The Labute approximate surface area is 127 Å². The third-order valence-corrected chi connectivity index (χ3v) is 3.79. The van der Waals surface area contributed by atoms with Crippen LogP contribution in [0.4, 0.5) is 0 Å². The summed E-state index contributed by atoms with van der Waals surface area (Å²) < 4.78 is 2.16. The van der Waals surface area contributed by atoms with E-state index in [0.29, 0.717) is 0 Å². The van der Waals surface area contributed by atoms with E-state index in [1.54, 1.807) is 6.08 Å². The van der Waals surface area contributed by atoms with Crippen LogP contribution in [0, 0.1) is 0 Å². The average Bonchev–Trinajstić information content (AvgIpc) is 2.89. The van der Waals surface area contributed by atoms with Crippen molar-refractivity contribution in [3.05, 3.63) is 53.9 Å². The highest BCUT2D eigenvalue weighted by molar-refractivity contribution is 5.81. The zero-order valence-corrected chi connectivity index (χ0v) is 13.0. The summed E-state index contributed by atoms with van der Waals surface area (Å²) in [6.45, 7) is 5.16. The first-order valence-corrected chi connectivity index (χ1v) is 7.95. The zero-order valence-electron chi connectivity index (χ0n) is 13.0. The molecule has 0 spiro atoms. The van der Waals surface area contributed by atoms with Crippen LogP contribution in [0.1, 0.15) is 51.3 Å². The molecule has 0 fully saturated rings. The summed E-state index contributed by atoms with van der Waals surface area (Å²) in [5.74, 6) is 0. The molecule has 1 N–H and O–H groups in total. The van der Waals surface area contributed by atoms with E-state index in [1.165, 1.54) is 30.2 Å². The number of aliphatic hydroxyl groups is 1. The molecule has 2 aromatic rings. The minimum absolute atomic E-state index is 0.597. The first-order valence-electron chi connectivity index (χ1n) is 7.95. The molecule has 0 aliphatic rings. The van der Waals surface area contributed by atoms with Crippen molar-refractivity contribution < 1.29 is 5.11 Å².